The normalized spacial score (nSPS) is 10.4. The van der Waals surface area contributed by atoms with Crippen LogP contribution in [0.5, 0.6) is 11.5 Å². The van der Waals surface area contributed by atoms with Gasteiger partial charge >= 0.3 is 0 Å². The van der Waals surface area contributed by atoms with Crippen LogP contribution in [-0.2, 0) is 0 Å². The molecule has 0 aromatic heterocycles. The Morgan fingerprint density at radius 3 is 1.42 bits per heavy atom. The van der Waals surface area contributed by atoms with Crippen molar-refractivity contribution in [2.75, 3.05) is 14.2 Å². The Bertz CT molecular complexity index is 2100. The Morgan fingerprint density at radius 2 is 0.920 bits per heavy atom. The average molecular weight is 785 g/mol. The third-order valence-corrected chi connectivity index (χ3v) is 8.96. The fourth-order valence-corrected chi connectivity index (χ4v) is 6.04. The molecule has 0 bridgehead atoms. The SMILES string of the molecule is COc1cc(C)c(-c2ccccc2F)cc1-c1cccc(Cl)c1F.COc1cc(C)c(-c2ccccc2F)cc1Br.Cc1cccc(Cl)c1F. The smallest absolute Gasteiger partial charge is 0.149 e. The molecule has 0 aliphatic heterocycles. The van der Waals surface area contributed by atoms with Crippen molar-refractivity contribution in [3.63, 3.8) is 0 Å². The van der Waals surface area contributed by atoms with Gasteiger partial charge in [-0.1, -0.05) is 83.9 Å². The molecule has 2 nitrogen and oxygen atoms in total. The number of hydrogen-bond acceptors (Lipinski definition) is 2. The van der Waals surface area contributed by atoms with Crippen molar-refractivity contribution in [3.8, 4) is 44.9 Å². The molecule has 50 heavy (non-hydrogen) atoms. The topological polar surface area (TPSA) is 18.5 Å². The second-order valence-electron chi connectivity index (χ2n) is 11.1. The summed E-state index contributed by atoms with van der Waals surface area (Å²) in [6, 6.07) is 30.3. The molecule has 6 aromatic carbocycles. The van der Waals surface area contributed by atoms with Crippen LogP contribution >= 0.6 is 39.1 Å². The number of methoxy groups -OCH3 is 2. The maximum absolute atomic E-state index is 14.5. The van der Waals surface area contributed by atoms with Crippen LogP contribution in [-0.4, -0.2) is 14.2 Å². The number of benzene rings is 6. The van der Waals surface area contributed by atoms with E-state index in [1.165, 1.54) is 31.4 Å². The van der Waals surface area contributed by atoms with Gasteiger partial charge in [0.2, 0.25) is 0 Å². The summed E-state index contributed by atoms with van der Waals surface area (Å²) in [7, 11) is 3.13. The second-order valence-corrected chi connectivity index (χ2v) is 12.8. The first-order chi connectivity index (χ1) is 23.9. The van der Waals surface area contributed by atoms with Crippen molar-refractivity contribution in [3.05, 3.63) is 164 Å². The second kappa shape index (κ2) is 17.6. The van der Waals surface area contributed by atoms with Gasteiger partial charge in [-0.2, -0.15) is 0 Å². The predicted octanol–water partition coefficient (Wildman–Crippen LogP) is 13.6. The molecule has 0 N–H and O–H groups in total. The summed E-state index contributed by atoms with van der Waals surface area (Å²) in [5.74, 6) is -0.132. The van der Waals surface area contributed by atoms with E-state index in [-0.39, 0.29) is 27.5 Å². The van der Waals surface area contributed by atoms with Gasteiger partial charge in [0.15, 0.2) is 0 Å². The average Bonchev–Trinajstić information content (AvgIpc) is 3.10. The van der Waals surface area contributed by atoms with Crippen LogP contribution in [0.25, 0.3) is 33.4 Å². The molecule has 0 atom stereocenters. The monoisotopic (exact) mass is 782 g/mol. The summed E-state index contributed by atoms with van der Waals surface area (Å²) in [5.41, 5.74) is 5.87. The lowest BCUT2D eigenvalue weighted by molar-refractivity contribution is 0.412. The molecule has 0 aliphatic carbocycles. The highest BCUT2D eigenvalue weighted by atomic mass is 79.9. The molecule has 0 saturated carbocycles. The number of hydrogen-bond donors (Lipinski definition) is 0. The first-order valence-corrected chi connectivity index (χ1v) is 16.8. The summed E-state index contributed by atoms with van der Waals surface area (Å²) >= 11 is 14.8. The Hall–Kier alpha value is -4.30. The van der Waals surface area contributed by atoms with Crippen molar-refractivity contribution in [2.45, 2.75) is 20.8 Å². The van der Waals surface area contributed by atoms with Gasteiger partial charge < -0.3 is 9.47 Å². The van der Waals surface area contributed by atoms with Crippen LogP contribution in [0.4, 0.5) is 17.6 Å². The van der Waals surface area contributed by atoms with Crippen molar-refractivity contribution in [2.24, 2.45) is 0 Å². The number of ether oxygens (including phenoxy) is 2. The van der Waals surface area contributed by atoms with Crippen LogP contribution in [0.15, 0.2) is 114 Å². The van der Waals surface area contributed by atoms with Gasteiger partial charge in [-0.25, -0.2) is 17.6 Å². The van der Waals surface area contributed by atoms with E-state index in [4.69, 9.17) is 32.7 Å². The Labute approximate surface area is 308 Å². The largest absolute Gasteiger partial charge is 0.496 e. The van der Waals surface area contributed by atoms with Crippen LogP contribution in [0.1, 0.15) is 16.7 Å². The first kappa shape index (κ1) is 38.5. The van der Waals surface area contributed by atoms with Gasteiger partial charge in [0.05, 0.1) is 28.7 Å². The molecule has 0 spiro atoms. The maximum Gasteiger partial charge on any atom is 0.149 e. The number of aryl methyl sites for hydroxylation is 3. The van der Waals surface area contributed by atoms with Gasteiger partial charge in [0.1, 0.15) is 34.8 Å². The highest BCUT2D eigenvalue weighted by molar-refractivity contribution is 9.10. The van der Waals surface area contributed by atoms with Gasteiger partial charge in [0.25, 0.3) is 0 Å². The number of rotatable bonds is 5. The quantitative estimate of drug-likeness (QED) is 0.162. The Balaban J connectivity index is 0.000000187. The van der Waals surface area contributed by atoms with Gasteiger partial charge in [0, 0.05) is 22.3 Å². The lowest BCUT2D eigenvalue weighted by Crippen LogP contribution is -1.95. The molecule has 0 amide bonds. The third-order valence-electron chi connectivity index (χ3n) is 7.76. The van der Waals surface area contributed by atoms with E-state index < -0.39 is 5.82 Å². The fourth-order valence-electron chi connectivity index (χ4n) is 5.14. The van der Waals surface area contributed by atoms with Crippen LogP contribution in [0.2, 0.25) is 10.0 Å². The van der Waals surface area contributed by atoms with E-state index in [1.807, 2.05) is 32.0 Å². The van der Waals surface area contributed by atoms with E-state index in [0.29, 0.717) is 39.1 Å². The minimum absolute atomic E-state index is 0.0302. The molecule has 0 saturated heterocycles. The minimum Gasteiger partial charge on any atom is -0.496 e. The molecule has 258 valence electrons. The highest BCUT2D eigenvalue weighted by Gasteiger charge is 2.17. The summed E-state index contributed by atoms with van der Waals surface area (Å²) < 4.78 is 66.4. The van der Waals surface area contributed by atoms with Gasteiger partial charge in [-0.15, -0.1) is 0 Å². The van der Waals surface area contributed by atoms with E-state index >= 15 is 0 Å². The van der Waals surface area contributed by atoms with Crippen molar-refractivity contribution < 1.29 is 27.0 Å². The number of halogens is 7. The minimum atomic E-state index is -0.527. The molecule has 0 heterocycles. The van der Waals surface area contributed by atoms with E-state index in [0.717, 1.165) is 26.9 Å². The summed E-state index contributed by atoms with van der Waals surface area (Å²) in [5, 5.41) is 0.220. The molecule has 0 unspecified atom stereocenters. The summed E-state index contributed by atoms with van der Waals surface area (Å²) in [6.07, 6.45) is 0. The molecule has 9 heteroatoms. The van der Waals surface area contributed by atoms with Crippen LogP contribution in [0, 0.1) is 44.0 Å². The zero-order chi connectivity index (χ0) is 36.5. The molecular weight excluding hydrogens is 751 g/mol. The predicted molar refractivity (Wildman–Crippen MR) is 201 cm³/mol. The molecular formula is C41H33BrCl2F4O2. The van der Waals surface area contributed by atoms with Crippen molar-refractivity contribution in [1.29, 1.82) is 0 Å². The summed E-state index contributed by atoms with van der Waals surface area (Å²) in [4.78, 5) is 0. The molecule has 6 aromatic rings. The lowest BCUT2D eigenvalue weighted by atomic mass is 9.94. The Morgan fingerprint density at radius 1 is 0.460 bits per heavy atom. The maximum atomic E-state index is 14.5. The first-order valence-electron chi connectivity index (χ1n) is 15.2. The summed E-state index contributed by atoms with van der Waals surface area (Å²) in [6.45, 7) is 5.49. The zero-order valence-electron chi connectivity index (χ0n) is 27.9. The van der Waals surface area contributed by atoms with Gasteiger partial charge in [-0.3, -0.25) is 0 Å². The van der Waals surface area contributed by atoms with Crippen LogP contribution in [0.3, 0.4) is 0 Å². The zero-order valence-corrected chi connectivity index (χ0v) is 31.0. The fraction of sp³-hybridized carbons (Fsp3) is 0.122. The van der Waals surface area contributed by atoms with E-state index in [9.17, 15) is 17.6 Å². The van der Waals surface area contributed by atoms with E-state index in [1.54, 1.807) is 80.8 Å². The van der Waals surface area contributed by atoms with E-state index in [2.05, 4.69) is 15.9 Å². The highest BCUT2D eigenvalue weighted by Crippen LogP contribution is 2.40. The standard InChI is InChI=1S/C20H15ClF2O.C14H12BrFO.C7H6ClF/c1-12-10-19(24-2)16(14-7-5-8-17(21)20(14)23)11-15(12)13-6-3-4-9-18(13)22;1-9-7-14(17-2)12(15)8-11(9)10-5-3-4-6-13(10)16;1-5-3-2-4-6(8)7(5)9/h3-11H,1-2H3;3-8H,1-2H3;2-4H,1H3. The van der Waals surface area contributed by atoms with Gasteiger partial charge in [-0.05, 0) is 113 Å². The third kappa shape index (κ3) is 9.08. The lowest BCUT2D eigenvalue weighted by Gasteiger charge is -2.15. The van der Waals surface area contributed by atoms with Crippen molar-refractivity contribution in [1.82, 2.24) is 0 Å². The molecule has 6 rings (SSSR count). The van der Waals surface area contributed by atoms with Crippen LogP contribution < -0.4 is 9.47 Å². The molecule has 0 fully saturated rings. The molecule has 0 radical (unpaired) electrons. The molecule has 0 aliphatic rings. The Kier molecular flexibility index (Phi) is 13.5. The van der Waals surface area contributed by atoms with Crippen molar-refractivity contribution >= 4 is 39.1 Å².